The lowest BCUT2D eigenvalue weighted by molar-refractivity contribution is 0.181. The highest BCUT2D eigenvalue weighted by Crippen LogP contribution is 2.15. The number of methoxy groups -OCH3 is 1. The Kier molecular flexibility index (Phi) is 7.21. The van der Waals surface area contributed by atoms with Crippen LogP contribution in [0.5, 0.6) is 0 Å². The molecule has 0 unspecified atom stereocenters. The lowest BCUT2D eigenvalue weighted by Gasteiger charge is -2.11. The summed E-state index contributed by atoms with van der Waals surface area (Å²) in [6.45, 7) is 6.40. The number of aryl methyl sites for hydroxylation is 1. The van der Waals surface area contributed by atoms with Crippen LogP contribution >= 0.6 is 11.3 Å². The average Bonchev–Trinajstić information content (AvgIpc) is 2.98. The molecular formula is C18H24FN3OS. The van der Waals surface area contributed by atoms with E-state index in [1.54, 1.807) is 30.6 Å². The van der Waals surface area contributed by atoms with Crippen LogP contribution in [0.15, 0.2) is 35.3 Å². The van der Waals surface area contributed by atoms with Crippen molar-refractivity contribution in [3.8, 4) is 0 Å². The highest BCUT2D eigenvalue weighted by atomic mass is 32.1. The molecule has 2 aromatic rings. The van der Waals surface area contributed by atoms with E-state index in [2.05, 4.69) is 34.7 Å². The fourth-order valence-electron chi connectivity index (χ4n) is 2.26. The van der Waals surface area contributed by atoms with Gasteiger partial charge in [0.15, 0.2) is 5.96 Å². The van der Waals surface area contributed by atoms with Crippen molar-refractivity contribution < 1.29 is 9.13 Å². The van der Waals surface area contributed by atoms with E-state index in [1.807, 2.05) is 6.92 Å². The van der Waals surface area contributed by atoms with Crippen LogP contribution < -0.4 is 10.6 Å². The zero-order chi connectivity index (χ0) is 17.4. The Balaban J connectivity index is 2.00. The van der Waals surface area contributed by atoms with Crippen molar-refractivity contribution in [2.24, 2.45) is 4.99 Å². The van der Waals surface area contributed by atoms with Crippen LogP contribution in [0, 0.1) is 12.7 Å². The van der Waals surface area contributed by atoms with Crippen molar-refractivity contribution in [3.05, 3.63) is 57.0 Å². The number of hydrogen-bond donors (Lipinski definition) is 2. The summed E-state index contributed by atoms with van der Waals surface area (Å²) in [5.41, 5.74) is 1.50. The van der Waals surface area contributed by atoms with Crippen molar-refractivity contribution in [1.82, 2.24) is 10.6 Å². The van der Waals surface area contributed by atoms with Crippen LogP contribution in [0.25, 0.3) is 0 Å². The molecule has 0 aliphatic heterocycles. The smallest absolute Gasteiger partial charge is 0.191 e. The molecule has 0 spiro atoms. The maximum atomic E-state index is 13.6. The first-order chi connectivity index (χ1) is 11.6. The number of thiophene rings is 1. The highest BCUT2D eigenvalue weighted by molar-refractivity contribution is 7.11. The first-order valence-corrected chi connectivity index (χ1v) is 8.77. The first kappa shape index (κ1) is 18.4. The minimum Gasteiger partial charge on any atom is -0.380 e. The van der Waals surface area contributed by atoms with Gasteiger partial charge in [0.1, 0.15) is 5.82 Å². The molecule has 0 saturated carbocycles. The zero-order valence-corrected chi connectivity index (χ0v) is 15.2. The number of ether oxygens (including phenoxy) is 1. The monoisotopic (exact) mass is 349 g/mol. The molecule has 0 aliphatic rings. The molecule has 0 amide bonds. The van der Waals surface area contributed by atoms with Crippen molar-refractivity contribution in [2.45, 2.75) is 33.5 Å². The van der Waals surface area contributed by atoms with Gasteiger partial charge in [-0.1, -0.05) is 6.07 Å². The fourth-order valence-corrected chi connectivity index (χ4v) is 3.09. The quantitative estimate of drug-likeness (QED) is 0.593. The van der Waals surface area contributed by atoms with Gasteiger partial charge in [-0.2, -0.15) is 0 Å². The summed E-state index contributed by atoms with van der Waals surface area (Å²) in [4.78, 5) is 7.14. The molecule has 0 radical (unpaired) electrons. The fraction of sp³-hybridized carbons (Fsp3) is 0.389. The molecule has 0 atom stereocenters. The third kappa shape index (κ3) is 5.62. The molecule has 6 heteroatoms. The van der Waals surface area contributed by atoms with Crippen molar-refractivity contribution in [3.63, 3.8) is 0 Å². The molecule has 0 saturated heterocycles. The number of nitrogens with zero attached hydrogens (tertiary/aromatic N) is 1. The van der Waals surface area contributed by atoms with Gasteiger partial charge in [-0.3, -0.25) is 0 Å². The minimum atomic E-state index is -0.248. The Morgan fingerprint density at radius 2 is 2.08 bits per heavy atom. The predicted octanol–water partition coefficient (Wildman–Crippen LogP) is 3.60. The first-order valence-electron chi connectivity index (χ1n) is 7.96. The lowest BCUT2D eigenvalue weighted by atomic mass is 10.1. The Bertz CT molecular complexity index is 685. The van der Waals surface area contributed by atoms with Gasteiger partial charge in [0.2, 0.25) is 0 Å². The van der Waals surface area contributed by atoms with Crippen molar-refractivity contribution in [1.29, 1.82) is 0 Å². The number of guanidine groups is 1. The molecule has 1 aromatic heterocycles. The number of benzene rings is 1. The van der Waals surface area contributed by atoms with Gasteiger partial charge in [-0.15, -0.1) is 11.3 Å². The van der Waals surface area contributed by atoms with Crippen LogP contribution in [-0.2, 0) is 24.4 Å². The Morgan fingerprint density at radius 3 is 2.75 bits per heavy atom. The van der Waals surface area contributed by atoms with E-state index < -0.39 is 0 Å². The lowest BCUT2D eigenvalue weighted by Crippen LogP contribution is -2.36. The second-order valence-electron chi connectivity index (χ2n) is 5.42. The van der Waals surface area contributed by atoms with Gasteiger partial charge in [0.05, 0.1) is 19.7 Å². The van der Waals surface area contributed by atoms with Crippen LogP contribution in [0.3, 0.4) is 0 Å². The summed E-state index contributed by atoms with van der Waals surface area (Å²) in [5.74, 6) is 0.504. The summed E-state index contributed by atoms with van der Waals surface area (Å²) >= 11 is 1.77. The molecule has 1 heterocycles. The van der Waals surface area contributed by atoms with Crippen LogP contribution in [0.4, 0.5) is 4.39 Å². The van der Waals surface area contributed by atoms with Crippen molar-refractivity contribution >= 4 is 17.3 Å². The third-order valence-corrected chi connectivity index (χ3v) is 4.40. The van der Waals surface area contributed by atoms with E-state index >= 15 is 0 Å². The van der Waals surface area contributed by atoms with E-state index in [-0.39, 0.29) is 12.4 Å². The second-order valence-corrected chi connectivity index (χ2v) is 6.79. The topological polar surface area (TPSA) is 45.7 Å². The second kappa shape index (κ2) is 9.39. The van der Waals surface area contributed by atoms with E-state index in [0.29, 0.717) is 12.1 Å². The van der Waals surface area contributed by atoms with Gasteiger partial charge in [0, 0.05) is 29.0 Å². The third-order valence-electron chi connectivity index (χ3n) is 3.40. The molecule has 1 aromatic carbocycles. The average molecular weight is 349 g/mol. The van der Waals surface area contributed by atoms with Gasteiger partial charge in [-0.25, -0.2) is 9.38 Å². The number of rotatable bonds is 7. The van der Waals surface area contributed by atoms with Crippen LogP contribution in [0.1, 0.15) is 27.8 Å². The molecule has 24 heavy (non-hydrogen) atoms. The molecule has 4 nitrogen and oxygen atoms in total. The molecule has 130 valence electrons. The van der Waals surface area contributed by atoms with E-state index in [0.717, 1.165) is 24.6 Å². The number of aliphatic imine (C=N–C) groups is 1. The summed E-state index contributed by atoms with van der Waals surface area (Å²) in [6, 6.07) is 9.25. The molecular weight excluding hydrogens is 325 g/mol. The maximum absolute atomic E-state index is 13.6. The molecule has 2 N–H and O–H groups in total. The van der Waals surface area contributed by atoms with E-state index in [1.165, 1.54) is 15.8 Å². The largest absolute Gasteiger partial charge is 0.380 e. The number of halogens is 1. The minimum absolute atomic E-state index is 0.248. The summed E-state index contributed by atoms with van der Waals surface area (Å²) in [6.07, 6.45) is 0. The SMILES string of the molecule is CCNC(=NCc1ccc(F)c(COC)c1)NCc1ccc(C)s1. The highest BCUT2D eigenvalue weighted by Gasteiger charge is 2.04. The van der Waals surface area contributed by atoms with Crippen LogP contribution in [-0.4, -0.2) is 19.6 Å². The normalized spacial score (nSPS) is 11.6. The Morgan fingerprint density at radius 1 is 1.25 bits per heavy atom. The Hall–Kier alpha value is -1.92. The molecule has 0 fully saturated rings. The van der Waals surface area contributed by atoms with Gasteiger partial charge < -0.3 is 15.4 Å². The van der Waals surface area contributed by atoms with Gasteiger partial charge in [0.25, 0.3) is 0 Å². The predicted molar refractivity (Wildman–Crippen MR) is 97.8 cm³/mol. The molecule has 2 rings (SSSR count). The summed E-state index contributed by atoms with van der Waals surface area (Å²) in [7, 11) is 1.56. The number of hydrogen-bond acceptors (Lipinski definition) is 3. The molecule has 0 bridgehead atoms. The van der Waals surface area contributed by atoms with Crippen molar-refractivity contribution in [2.75, 3.05) is 13.7 Å². The van der Waals surface area contributed by atoms with E-state index in [9.17, 15) is 4.39 Å². The number of nitrogens with one attached hydrogen (secondary N) is 2. The van der Waals surface area contributed by atoms with Gasteiger partial charge in [-0.05, 0) is 43.7 Å². The summed E-state index contributed by atoms with van der Waals surface area (Å²) in [5, 5.41) is 6.55. The van der Waals surface area contributed by atoms with E-state index in [4.69, 9.17) is 4.74 Å². The van der Waals surface area contributed by atoms with Crippen LogP contribution in [0.2, 0.25) is 0 Å². The van der Waals surface area contributed by atoms with Gasteiger partial charge >= 0.3 is 0 Å². The summed E-state index contributed by atoms with van der Waals surface area (Å²) < 4.78 is 18.7. The molecule has 0 aliphatic carbocycles. The standard InChI is InChI=1S/C18H24FN3OS/c1-4-20-18(22-11-16-7-5-13(2)24-16)21-10-14-6-8-17(19)15(9-14)12-23-3/h5-9H,4,10-12H2,1-3H3,(H2,20,21,22). The zero-order valence-electron chi connectivity index (χ0n) is 14.4. The maximum Gasteiger partial charge on any atom is 0.191 e. The Labute approximate surface area is 146 Å².